The zero-order valence-corrected chi connectivity index (χ0v) is 12.0. The molecule has 1 N–H and O–H groups in total. The highest BCUT2D eigenvalue weighted by molar-refractivity contribution is 6.42. The number of benzene rings is 1. The number of nitrogens with zero attached hydrogens (tertiary/aromatic N) is 2. The van der Waals surface area contributed by atoms with Gasteiger partial charge in [-0.1, -0.05) is 23.2 Å². The van der Waals surface area contributed by atoms with Gasteiger partial charge >= 0.3 is 5.97 Å². The van der Waals surface area contributed by atoms with E-state index in [1.807, 2.05) is 4.90 Å². The van der Waals surface area contributed by atoms with Gasteiger partial charge in [0.05, 0.1) is 16.0 Å². The Morgan fingerprint density at radius 2 is 1.95 bits per heavy atom. The van der Waals surface area contributed by atoms with Crippen LogP contribution in [0.4, 0.5) is 6.01 Å². The van der Waals surface area contributed by atoms with Crippen molar-refractivity contribution in [2.45, 2.75) is 12.8 Å². The largest absolute Gasteiger partial charge is 0.481 e. The first-order valence-electron chi connectivity index (χ1n) is 6.28. The van der Waals surface area contributed by atoms with Crippen molar-refractivity contribution in [3.8, 4) is 0 Å². The summed E-state index contributed by atoms with van der Waals surface area (Å²) in [5.41, 5.74) is 1.23. The summed E-state index contributed by atoms with van der Waals surface area (Å²) in [6, 6.07) is 3.79. The van der Waals surface area contributed by atoms with E-state index in [1.54, 1.807) is 12.1 Å². The van der Waals surface area contributed by atoms with Gasteiger partial charge in [0, 0.05) is 19.2 Å². The number of rotatable bonds is 2. The van der Waals surface area contributed by atoms with E-state index in [9.17, 15) is 4.79 Å². The van der Waals surface area contributed by atoms with E-state index in [0.717, 1.165) is 0 Å². The van der Waals surface area contributed by atoms with E-state index in [1.165, 1.54) is 0 Å². The van der Waals surface area contributed by atoms with E-state index in [2.05, 4.69) is 4.98 Å². The van der Waals surface area contributed by atoms with Gasteiger partial charge < -0.3 is 14.4 Å². The summed E-state index contributed by atoms with van der Waals surface area (Å²) in [4.78, 5) is 17.2. The van der Waals surface area contributed by atoms with E-state index >= 15 is 0 Å². The molecule has 0 saturated carbocycles. The van der Waals surface area contributed by atoms with Gasteiger partial charge in [-0.15, -0.1) is 0 Å². The number of fused-ring (bicyclic) bond motifs is 1. The zero-order chi connectivity index (χ0) is 14.3. The molecule has 0 spiro atoms. The average molecular weight is 315 g/mol. The Balaban J connectivity index is 1.83. The van der Waals surface area contributed by atoms with Crippen LogP contribution in [0.25, 0.3) is 11.1 Å². The molecule has 0 amide bonds. The molecule has 3 rings (SSSR count). The van der Waals surface area contributed by atoms with Crippen LogP contribution in [0.5, 0.6) is 0 Å². The lowest BCUT2D eigenvalue weighted by molar-refractivity contribution is -0.142. The standard InChI is InChI=1S/C13H12Cl2N2O3/c14-8-5-10-11(6-9(8)15)20-13(16-10)17-3-1-7(2-4-17)12(18)19/h5-7H,1-4H2,(H,18,19). The van der Waals surface area contributed by atoms with E-state index in [-0.39, 0.29) is 5.92 Å². The normalized spacial score (nSPS) is 16.8. The Morgan fingerprint density at radius 1 is 1.30 bits per heavy atom. The Labute approximate surface area is 125 Å². The maximum Gasteiger partial charge on any atom is 0.306 e. The molecule has 1 aliphatic rings. The van der Waals surface area contributed by atoms with Crippen molar-refractivity contribution >= 4 is 46.3 Å². The Kier molecular flexibility index (Phi) is 3.48. The highest BCUT2D eigenvalue weighted by Gasteiger charge is 2.26. The minimum atomic E-state index is -0.735. The molecule has 0 unspecified atom stereocenters. The van der Waals surface area contributed by atoms with Crippen LogP contribution in [0.15, 0.2) is 16.5 Å². The van der Waals surface area contributed by atoms with Gasteiger partial charge in [-0.2, -0.15) is 4.98 Å². The number of carbonyl (C=O) groups is 1. The second-order valence-corrected chi connectivity index (χ2v) is 5.64. The van der Waals surface area contributed by atoms with Crippen molar-refractivity contribution in [3.63, 3.8) is 0 Å². The average Bonchev–Trinajstić information content (AvgIpc) is 2.82. The van der Waals surface area contributed by atoms with Gasteiger partial charge in [0.2, 0.25) is 0 Å². The van der Waals surface area contributed by atoms with E-state index in [0.29, 0.717) is 53.1 Å². The SMILES string of the molecule is O=C(O)C1CCN(c2nc3cc(Cl)c(Cl)cc3o2)CC1. The number of anilines is 1. The first kappa shape index (κ1) is 13.5. The number of carboxylic acid groups (broad SMARTS) is 1. The molecule has 1 saturated heterocycles. The van der Waals surface area contributed by atoms with E-state index in [4.69, 9.17) is 32.7 Å². The van der Waals surface area contributed by atoms with Gasteiger partial charge in [0.1, 0.15) is 5.52 Å². The first-order valence-corrected chi connectivity index (χ1v) is 7.03. The maximum atomic E-state index is 10.9. The van der Waals surface area contributed by atoms with Crippen molar-refractivity contribution in [3.05, 3.63) is 22.2 Å². The molecule has 1 aromatic heterocycles. The number of aliphatic carboxylic acids is 1. The molecule has 0 bridgehead atoms. The van der Waals surface area contributed by atoms with Gasteiger partial charge in [-0.3, -0.25) is 4.79 Å². The smallest absolute Gasteiger partial charge is 0.306 e. The quantitative estimate of drug-likeness (QED) is 0.919. The molecule has 5 nitrogen and oxygen atoms in total. The third-order valence-corrected chi connectivity index (χ3v) is 4.26. The summed E-state index contributed by atoms with van der Waals surface area (Å²) in [7, 11) is 0. The summed E-state index contributed by atoms with van der Waals surface area (Å²) in [6.07, 6.45) is 1.19. The van der Waals surface area contributed by atoms with Crippen LogP contribution in [0, 0.1) is 5.92 Å². The van der Waals surface area contributed by atoms with Crippen LogP contribution >= 0.6 is 23.2 Å². The highest BCUT2D eigenvalue weighted by atomic mass is 35.5. The third kappa shape index (κ3) is 2.43. The lowest BCUT2D eigenvalue weighted by atomic mass is 9.97. The number of halogens is 2. The second-order valence-electron chi connectivity index (χ2n) is 4.83. The lowest BCUT2D eigenvalue weighted by Crippen LogP contribution is -2.36. The topological polar surface area (TPSA) is 66.6 Å². The second kappa shape index (κ2) is 5.14. The molecular weight excluding hydrogens is 303 g/mol. The molecule has 0 radical (unpaired) electrons. The van der Waals surface area contributed by atoms with Crippen LogP contribution in [-0.4, -0.2) is 29.1 Å². The summed E-state index contributed by atoms with van der Waals surface area (Å²) in [5.74, 6) is -1.01. The zero-order valence-electron chi connectivity index (χ0n) is 10.5. The molecule has 1 aliphatic heterocycles. The molecule has 1 aromatic carbocycles. The number of hydrogen-bond acceptors (Lipinski definition) is 4. The predicted molar refractivity (Wildman–Crippen MR) is 76.6 cm³/mol. The first-order chi connectivity index (χ1) is 9.54. The minimum Gasteiger partial charge on any atom is -0.481 e. The fraction of sp³-hybridized carbons (Fsp3) is 0.385. The van der Waals surface area contributed by atoms with Crippen LogP contribution in [0.2, 0.25) is 10.0 Å². The minimum absolute atomic E-state index is 0.278. The molecule has 1 fully saturated rings. The molecule has 0 aliphatic carbocycles. The third-order valence-electron chi connectivity index (χ3n) is 3.53. The van der Waals surface area contributed by atoms with Gasteiger partial charge in [-0.05, 0) is 18.9 Å². The number of oxazole rings is 1. The molecule has 2 aromatic rings. The van der Waals surface area contributed by atoms with Crippen LogP contribution in [-0.2, 0) is 4.79 Å². The molecule has 7 heteroatoms. The number of piperidine rings is 1. The lowest BCUT2D eigenvalue weighted by Gasteiger charge is -2.28. The fourth-order valence-corrected chi connectivity index (χ4v) is 2.68. The highest BCUT2D eigenvalue weighted by Crippen LogP contribution is 2.31. The number of aromatic nitrogens is 1. The van der Waals surface area contributed by atoms with Crippen molar-refractivity contribution in [2.75, 3.05) is 18.0 Å². The van der Waals surface area contributed by atoms with Crippen LogP contribution < -0.4 is 4.90 Å². The summed E-state index contributed by atoms with van der Waals surface area (Å²) in [6.45, 7) is 1.23. The molecular formula is C13H12Cl2N2O3. The van der Waals surface area contributed by atoms with Crippen molar-refractivity contribution in [2.24, 2.45) is 5.92 Å². The van der Waals surface area contributed by atoms with Crippen molar-refractivity contribution in [1.82, 2.24) is 4.98 Å². The monoisotopic (exact) mass is 314 g/mol. The van der Waals surface area contributed by atoms with Crippen LogP contribution in [0.3, 0.4) is 0 Å². The van der Waals surface area contributed by atoms with Crippen molar-refractivity contribution < 1.29 is 14.3 Å². The molecule has 2 heterocycles. The summed E-state index contributed by atoms with van der Waals surface area (Å²) < 4.78 is 5.66. The summed E-state index contributed by atoms with van der Waals surface area (Å²) in [5, 5.41) is 9.84. The van der Waals surface area contributed by atoms with E-state index < -0.39 is 5.97 Å². The number of carboxylic acids is 1. The predicted octanol–water partition coefficient (Wildman–Crippen LogP) is 3.44. The fourth-order valence-electron chi connectivity index (χ4n) is 2.36. The Hall–Kier alpha value is -1.46. The Morgan fingerprint density at radius 3 is 2.60 bits per heavy atom. The van der Waals surface area contributed by atoms with Gasteiger partial charge in [0.15, 0.2) is 5.58 Å². The Bertz CT molecular complexity index is 624. The van der Waals surface area contributed by atoms with Gasteiger partial charge in [-0.25, -0.2) is 0 Å². The maximum absolute atomic E-state index is 10.9. The van der Waals surface area contributed by atoms with Crippen LogP contribution in [0.1, 0.15) is 12.8 Å². The summed E-state index contributed by atoms with van der Waals surface area (Å²) >= 11 is 11.9. The molecule has 20 heavy (non-hydrogen) atoms. The number of hydrogen-bond donors (Lipinski definition) is 1. The molecule has 0 atom stereocenters. The van der Waals surface area contributed by atoms with Gasteiger partial charge in [0.25, 0.3) is 6.01 Å². The van der Waals surface area contributed by atoms with Crippen molar-refractivity contribution in [1.29, 1.82) is 0 Å². The molecule has 106 valence electrons.